The van der Waals surface area contributed by atoms with Crippen molar-refractivity contribution in [2.75, 3.05) is 0 Å². The van der Waals surface area contributed by atoms with Crippen LogP contribution >= 0.6 is 11.6 Å². The van der Waals surface area contributed by atoms with E-state index in [0.29, 0.717) is 5.15 Å². The zero-order chi connectivity index (χ0) is 9.64. The first kappa shape index (κ1) is 9.03. The Balaban J connectivity index is 2.53. The molecule has 0 aromatic carbocycles. The van der Waals surface area contributed by atoms with Gasteiger partial charge in [0, 0.05) is 18.2 Å². The van der Waals surface area contributed by atoms with Gasteiger partial charge in [0.05, 0.1) is 5.69 Å². The van der Waals surface area contributed by atoms with E-state index in [9.17, 15) is 0 Å². The molecule has 1 aromatic heterocycles. The van der Waals surface area contributed by atoms with Crippen LogP contribution in [-0.2, 0) is 19.0 Å². The van der Waals surface area contributed by atoms with Gasteiger partial charge in [-0.1, -0.05) is 18.5 Å². The number of aromatic nitrogens is 2. The van der Waals surface area contributed by atoms with Gasteiger partial charge in [0.1, 0.15) is 5.15 Å². The maximum atomic E-state index is 6.14. The third-order valence-electron chi connectivity index (χ3n) is 2.67. The van der Waals surface area contributed by atoms with Gasteiger partial charge in [-0.3, -0.25) is 4.68 Å². The highest BCUT2D eigenvalue weighted by Gasteiger charge is 2.44. The molecule has 0 aliphatic heterocycles. The second-order valence-electron chi connectivity index (χ2n) is 3.75. The zero-order valence-corrected chi connectivity index (χ0v) is 8.73. The fourth-order valence-electron chi connectivity index (χ4n) is 1.68. The molecule has 0 spiro atoms. The maximum Gasteiger partial charge on any atom is 0.132 e. The lowest BCUT2D eigenvalue weighted by Crippen LogP contribution is -2.20. The molecule has 3 nitrogen and oxygen atoms in total. The standard InChI is InChI=1S/C9H14ClN3/c1-3-6-7(9(11)4-5-9)8(10)13(2)12-6/h3-5,11H2,1-2H3. The van der Waals surface area contributed by atoms with Crippen molar-refractivity contribution >= 4 is 11.6 Å². The molecule has 1 aromatic rings. The highest BCUT2D eigenvalue weighted by molar-refractivity contribution is 6.30. The van der Waals surface area contributed by atoms with Crippen molar-refractivity contribution in [2.45, 2.75) is 31.7 Å². The number of hydrogen-bond acceptors (Lipinski definition) is 2. The van der Waals surface area contributed by atoms with Crippen LogP contribution in [-0.4, -0.2) is 9.78 Å². The molecular formula is C9H14ClN3. The summed E-state index contributed by atoms with van der Waals surface area (Å²) in [7, 11) is 1.86. The Morgan fingerprint density at radius 3 is 2.69 bits per heavy atom. The minimum absolute atomic E-state index is 0.170. The largest absolute Gasteiger partial charge is 0.321 e. The van der Waals surface area contributed by atoms with Gasteiger partial charge >= 0.3 is 0 Å². The Morgan fingerprint density at radius 2 is 2.23 bits per heavy atom. The fraction of sp³-hybridized carbons (Fsp3) is 0.667. The average Bonchev–Trinajstić information content (AvgIpc) is 2.75. The van der Waals surface area contributed by atoms with Crippen molar-refractivity contribution in [1.82, 2.24) is 9.78 Å². The Kier molecular flexibility index (Phi) is 1.89. The molecule has 72 valence electrons. The van der Waals surface area contributed by atoms with E-state index in [4.69, 9.17) is 17.3 Å². The van der Waals surface area contributed by atoms with Crippen molar-refractivity contribution in [1.29, 1.82) is 0 Å². The third kappa shape index (κ3) is 1.27. The number of hydrogen-bond donors (Lipinski definition) is 1. The van der Waals surface area contributed by atoms with Gasteiger partial charge in [-0.15, -0.1) is 0 Å². The normalized spacial score (nSPS) is 19.1. The van der Waals surface area contributed by atoms with Crippen LogP contribution in [0, 0.1) is 0 Å². The number of nitrogens with zero attached hydrogens (tertiary/aromatic N) is 2. The maximum absolute atomic E-state index is 6.14. The van der Waals surface area contributed by atoms with Crippen LogP contribution in [0.2, 0.25) is 5.15 Å². The second kappa shape index (κ2) is 2.72. The number of nitrogens with two attached hydrogens (primary N) is 1. The molecule has 1 aliphatic carbocycles. The van der Waals surface area contributed by atoms with E-state index < -0.39 is 0 Å². The molecule has 1 heterocycles. The van der Waals surface area contributed by atoms with Crippen LogP contribution in [0.25, 0.3) is 0 Å². The minimum atomic E-state index is -0.170. The molecule has 0 saturated heterocycles. The Bertz CT molecular complexity index is 339. The van der Waals surface area contributed by atoms with E-state index in [1.165, 1.54) is 0 Å². The molecule has 2 N–H and O–H groups in total. The van der Waals surface area contributed by atoms with Gasteiger partial charge in [-0.25, -0.2) is 0 Å². The quantitative estimate of drug-likeness (QED) is 0.786. The highest BCUT2D eigenvalue weighted by Crippen LogP contribution is 2.46. The van der Waals surface area contributed by atoms with Gasteiger partial charge in [0.25, 0.3) is 0 Å². The van der Waals surface area contributed by atoms with Gasteiger partial charge in [-0.2, -0.15) is 5.10 Å². The summed E-state index contributed by atoms with van der Waals surface area (Å²) in [5, 5.41) is 5.05. The molecule has 13 heavy (non-hydrogen) atoms. The molecule has 0 amide bonds. The topological polar surface area (TPSA) is 43.8 Å². The molecule has 4 heteroatoms. The molecule has 1 saturated carbocycles. The molecule has 1 fully saturated rings. The van der Waals surface area contributed by atoms with E-state index in [-0.39, 0.29) is 5.54 Å². The van der Waals surface area contributed by atoms with Crippen molar-refractivity contribution in [3.05, 3.63) is 16.4 Å². The van der Waals surface area contributed by atoms with Crippen LogP contribution in [0.15, 0.2) is 0 Å². The summed E-state index contributed by atoms with van der Waals surface area (Å²) in [6.07, 6.45) is 2.96. The van der Waals surface area contributed by atoms with Crippen LogP contribution in [0.1, 0.15) is 31.0 Å². The van der Waals surface area contributed by atoms with E-state index in [1.54, 1.807) is 4.68 Å². The molecular weight excluding hydrogens is 186 g/mol. The van der Waals surface area contributed by atoms with Crippen molar-refractivity contribution < 1.29 is 0 Å². The first-order chi connectivity index (χ1) is 6.08. The van der Waals surface area contributed by atoms with Crippen molar-refractivity contribution in [3.8, 4) is 0 Å². The van der Waals surface area contributed by atoms with Gasteiger partial charge in [0.15, 0.2) is 0 Å². The highest BCUT2D eigenvalue weighted by atomic mass is 35.5. The zero-order valence-electron chi connectivity index (χ0n) is 7.97. The van der Waals surface area contributed by atoms with Gasteiger partial charge in [-0.05, 0) is 19.3 Å². The van der Waals surface area contributed by atoms with Crippen molar-refractivity contribution in [2.24, 2.45) is 12.8 Å². The lowest BCUT2D eigenvalue weighted by molar-refractivity contribution is 0.727. The number of aryl methyl sites for hydroxylation is 2. The lowest BCUT2D eigenvalue weighted by atomic mass is 10.1. The Hall–Kier alpha value is -0.540. The predicted molar refractivity (Wildman–Crippen MR) is 52.7 cm³/mol. The molecule has 0 radical (unpaired) electrons. The van der Waals surface area contributed by atoms with Gasteiger partial charge in [0.2, 0.25) is 0 Å². The van der Waals surface area contributed by atoms with Crippen LogP contribution in [0.4, 0.5) is 0 Å². The smallest absolute Gasteiger partial charge is 0.132 e. The third-order valence-corrected chi connectivity index (χ3v) is 3.10. The second-order valence-corrected chi connectivity index (χ2v) is 4.10. The summed E-state index contributed by atoms with van der Waals surface area (Å²) >= 11 is 6.14. The van der Waals surface area contributed by atoms with Crippen molar-refractivity contribution in [3.63, 3.8) is 0 Å². The SMILES string of the molecule is CCc1nn(C)c(Cl)c1C1(N)CC1. The monoisotopic (exact) mass is 199 g/mol. The summed E-state index contributed by atoms with van der Waals surface area (Å²) in [5.41, 5.74) is 8.07. The van der Waals surface area contributed by atoms with Crippen LogP contribution in [0.5, 0.6) is 0 Å². The lowest BCUT2D eigenvalue weighted by Gasteiger charge is -2.08. The molecule has 0 unspecified atom stereocenters. The summed E-state index contributed by atoms with van der Waals surface area (Å²) in [6, 6.07) is 0. The Morgan fingerprint density at radius 1 is 1.62 bits per heavy atom. The summed E-state index contributed by atoms with van der Waals surface area (Å²) in [5.74, 6) is 0. The minimum Gasteiger partial charge on any atom is -0.321 e. The summed E-state index contributed by atoms with van der Waals surface area (Å²) in [6.45, 7) is 2.08. The first-order valence-electron chi connectivity index (χ1n) is 4.59. The average molecular weight is 200 g/mol. The van der Waals surface area contributed by atoms with E-state index in [2.05, 4.69) is 12.0 Å². The molecule has 1 aliphatic rings. The van der Waals surface area contributed by atoms with E-state index in [0.717, 1.165) is 30.5 Å². The predicted octanol–water partition coefficient (Wildman–Crippen LogP) is 1.58. The summed E-state index contributed by atoms with van der Waals surface area (Å²) < 4.78 is 1.71. The molecule has 2 rings (SSSR count). The van der Waals surface area contributed by atoms with Crippen LogP contribution < -0.4 is 5.73 Å². The fourth-order valence-corrected chi connectivity index (χ4v) is 2.02. The van der Waals surface area contributed by atoms with Gasteiger partial charge < -0.3 is 5.73 Å². The van der Waals surface area contributed by atoms with E-state index >= 15 is 0 Å². The van der Waals surface area contributed by atoms with Crippen LogP contribution in [0.3, 0.4) is 0 Å². The Labute approximate surface area is 82.9 Å². The molecule has 0 bridgehead atoms. The number of halogens is 1. The molecule has 0 atom stereocenters. The summed E-state index contributed by atoms with van der Waals surface area (Å²) in [4.78, 5) is 0. The van der Waals surface area contributed by atoms with E-state index in [1.807, 2.05) is 7.05 Å². The number of rotatable bonds is 2. The first-order valence-corrected chi connectivity index (χ1v) is 4.97.